The smallest absolute Gasteiger partial charge is 0.229 e. The summed E-state index contributed by atoms with van der Waals surface area (Å²) in [6.45, 7) is 9.42. The van der Waals surface area contributed by atoms with Crippen LogP contribution in [0.15, 0.2) is 24.3 Å². The third-order valence-electron chi connectivity index (χ3n) is 4.13. The summed E-state index contributed by atoms with van der Waals surface area (Å²) in [7, 11) is 0. The molecule has 1 aliphatic heterocycles. The molecule has 0 saturated carbocycles. The Bertz CT molecular complexity index is 719. The van der Waals surface area contributed by atoms with Gasteiger partial charge in [0.1, 0.15) is 5.82 Å². The van der Waals surface area contributed by atoms with Crippen LogP contribution in [0.3, 0.4) is 0 Å². The van der Waals surface area contributed by atoms with Gasteiger partial charge in [0.2, 0.25) is 5.95 Å². The number of morpholine rings is 1. The molecule has 7 heteroatoms. The van der Waals surface area contributed by atoms with Crippen LogP contribution in [-0.4, -0.2) is 54.3 Å². The Morgan fingerprint density at radius 3 is 2.72 bits per heavy atom. The van der Waals surface area contributed by atoms with E-state index in [1.54, 1.807) is 0 Å². The fourth-order valence-electron chi connectivity index (χ4n) is 2.77. The van der Waals surface area contributed by atoms with Crippen LogP contribution in [0.25, 0.3) is 0 Å². The lowest BCUT2D eigenvalue weighted by atomic mass is 10.2. The van der Waals surface area contributed by atoms with Crippen LogP contribution < -0.4 is 10.6 Å². The van der Waals surface area contributed by atoms with E-state index in [4.69, 9.17) is 16.3 Å². The summed E-state index contributed by atoms with van der Waals surface area (Å²) in [6.07, 6.45) is 0. The Morgan fingerprint density at radius 2 is 1.96 bits per heavy atom. The molecular weight excluding hydrogens is 338 g/mol. The van der Waals surface area contributed by atoms with Gasteiger partial charge in [0.25, 0.3) is 0 Å². The predicted octanol–water partition coefficient (Wildman–Crippen LogP) is 3.23. The van der Waals surface area contributed by atoms with Crippen molar-refractivity contribution < 1.29 is 4.74 Å². The Kier molecular flexibility index (Phi) is 6.07. The molecule has 0 atom stereocenters. The zero-order chi connectivity index (χ0) is 17.6. The lowest BCUT2D eigenvalue weighted by molar-refractivity contribution is 0.0398. The fraction of sp³-hybridized carbons (Fsp3) is 0.444. The molecule has 1 aliphatic rings. The molecule has 6 nitrogen and oxygen atoms in total. The number of rotatable bonds is 6. The molecule has 2 N–H and O–H groups in total. The van der Waals surface area contributed by atoms with Gasteiger partial charge < -0.3 is 15.4 Å². The van der Waals surface area contributed by atoms with Crippen molar-refractivity contribution in [3.8, 4) is 0 Å². The summed E-state index contributed by atoms with van der Waals surface area (Å²) < 4.78 is 5.37. The van der Waals surface area contributed by atoms with E-state index in [1.165, 1.54) is 0 Å². The summed E-state index contributed by atoms with van der Waals surface area (Å²) in [6, 6.07) is 7.67. The molecular formula is C18H24ClN5O. The molecule has 0 unspecified atom stereocenters. The monoisotopic (exact) mass is 361 g/mol. The van der Waals surface area contributed by atoms with Gasteiger partial charge >= 0.3 is 0 Å². The first-order valence-electron chi connectivity index (χ1n) is 8.53. The van der Waals surface area contributed by atoms with E-state index in [9.17, 15) is 0 Å². The third-order valence-corrected chi connectivity index (χ3v) is 4.36. The van der Waals surface area contributed by atoms with Crippen molar-refractivity contribution in [3.05, 3.63) is 40.5 Å². The highest BCUT2D eigenvalue weighted by atomic mass is 35.5. The second-order valence-electron chi connectivity index (χ2n) is 6.18. The molecule has 2 heterocycles. The van der Waals surface area contributed by atoms with Gasteiger partial charge in [-0.15, -0.1) is 0 Å². The standard InChI is InChI=1S/C18H24ClN5O/c1-13-11-15(19)3-4-16(13)22-18-21-14(2)12-17(23-18)20-5-6-24-7-9-25-10-8-24/h3-4,11-12H,5-10H2,1-2H3,(H2,20,21,22,23). The average Bonchev–Trinajstić information content (AvgIpc) is 2.58. The maximum absolute atomic E-state index is 6.01. The number of hydrogen-bond donors (Lipinski definition) is 2. The zero-order valence-electron chi connectivity index (χ0n) is 14.7. The summed E-state index contributed by atoms with van der Waals surface area (Å²) in [5.41, 5.74) is 2.92. The van der Waals surface area contributed by atoms with E-state index < -0.39 is 0 Å². The number of hydrogen-bond acceptors (Lipinski definition) is 6. The van der Waals surface area contributed by atoms with E-state index in [1.807, 2.05) is 38.1 Å². The first kappa shape index (κ1) is 17.9. The van der Waals surface area contributed by atoms with Crippen molar-refractivity contribution in [1.29, 1.82) is 0 Å². The van der Waals surface area contributed by atoms with Crippen molar-refractivity contribution in [2.24, 2.45) is 0 Å². The molecule has 2 aromatic rings. The van der Waals surface area contributed by atoms with Crippen molar-refractivity contribution in [3.63, 3.8) is 0 Å². The van der Waals surface area contributed by atoms with Gasteiger partial charge in [-0.25, -0.2) is 4.98 Å². The molecule has 1 aromatic heterocycles. The first-order chi connectivity index (χ1) is 12.1. The van der Waals surface area contributed by atoms with Crippen LogP contribution >= 0.6 is 11.6 Å². The molecule has 134 valence electrons. The number of nitrogens with zero attached hydrogens (tertiary/aromatic N) is 3. The Hall–Kier alpha value is -1.89. The van der Waals surface area contributed by atoms with Gasteiger partial charge in [-0.2, -0.15) is 4.98 Å². The molecule has 25 heavy (non-hydrogen) atoms. The Labute approximate surface area is 153 Å². The second kappa shape index (κ2) is 8.47. The highest BCUT2D eigenvalue weighted by Crippen LogP contribution is 2.22. The van der Waals surface area contributed by atoms with Crippen LogP contribution in [0, 0.1) is 13.8 Å². The minimum absolute atomic E-state index is 0.583. The van der Waals surface area contributed by atoms with Crippen LogP contribution in [0.1, 0.15) is 11.3 Å². The van der Waals surface area contributed by atoms with Gasteiger partial charge in [0.05, 0.1) is 13.2 Å². The number of nitrogens with one attached hydrogen (secondary N) is 2. The molecule has 0 bridgehead atoms. The van der Waals surface area contributed by atoms with E-state index in [0.717, 1.165) is 67.2 Å². The first-order valence-corrected chi connectivity index (χ1v) is 8.91. The third kappa shape index (κ3) is 5.29. The molecule has 1 fully saturated rings. The normalized spacial score (nSPS) is 15.2. The SMILES string of the molecule is Cc1cc(NCCN2CCOCC2)nc(Nc2ccc(Cl)cc2C)n1. The quantitative estimate of drug-likeness (QED) is 0.823. The Balaban J connectivity index is 1.61. The largest absolute Gasteiger partial charge is 0.379 e. The van der Waals surface area contributed by atoms with Gasteiger partial charge in [0, 0.05) is 48.6 Å². The predicted molar refractivity (Wildman–Crippen MR) is 102 cm³/mol. The van der Waals surface area contributed by atoms with E-state index in [0.29, 0.717) is 5.95 Å². The van der Waals surface area contributed by atoms with Crippen LogP contribution in [0.5, 0.6) is 0 Å². The molecule has 3 rings (SSSR count). The van der Waals surface area contributed by atoms with Gasteiger partial charge in [-0.3, -0.25) is 4.90 Å². The number of halogens is 1. The van der Waals surface area contributed by atoms with Crippen LogP contribution in [-0.2, 0) is 4.74 Å². The summed E-state index contributed by atoms with van der Waals surface area (Å²) in [4.78, 5) is 11.4. The van der Waals surface area contributed by atoms with Crippen molar-refractivity contribution in [2.75, 3.05) is 50.0 Å². The molecule has 0 radical (unpaired) electrons. The number of anilines is 3. The van der Waals surface area contributed by atoms with E-state index >= 15 is 0 Å². The Morgan fingerprint density at radius 1 is 1.16 bits per heavy atom. The van der Waals surface area contributed by atoms with Gasteiger partial charge in [0.15, 0.2) is 0 Å². The molecule has 1 saturated heterocycles. The zero-order valence-corrected chi connectivity index (χ0v) is 15.4. The van der Waals surface area contributed by atoms with Gasteiger partial charge in [-0.1, -0.05) is 11.6 Å². The number of aromatic nitrogens is 2. The highest BCUT2D eigenvalue weighted by molar-refractivity contribution is 6.30. The van der Waals surface area contributed by atoms with Crippen molar-refractivity contribution in [1.82, 2.24) is 14.9 Å². The van der Waals surface area contributed by atoms with Crippen LogP contribution in [0.2, 0.25) is 5.02 Å². The summed E-state index contributed by atoms with van der Waals surface area (Å²) in [5.74, 6) is 1.41. The van der Waals surface area contributed by atoms with Crippen LogP contribution in [0.4, 0.5) is 17.5 Å². The van der Waals surface area contributed by atoms with E-state index in [2.05, 4.69) is 25.5 Å². The van der Waals surface area contributed by atoms with Crippen molar-refractivity contribution >= 4 is 29.1 Å². The molecule has 1 aromatic carbocycles. The summed E-state index contributed by atoms with van der Waals surface area (Å²) in [5, 5.41) is 7.38. The molecule has 0 amide bonds. The van der Waals surface area contributed by atoms with E-state index in [-0.39, 0.29) is 0 Å². The molecule has 0 aliphatic carbocycles. The minimum Gasteiger partial charge on any atom is -0.379 e. The number of ether oxygens (including phenoxy) is 1. The fourth-order valence-corrected chi connectivity index (χ4v) is 3.00. The van der Waals surface area contributed by atoms with Crippen molar-refractivity contribution in [2.45, 2.75) is 13.8 Å². The maximum Gasteiger partial charge on any atom is 0.229 e. The number of benzene rings is 1. The molecule has 0 spiro atoms. The van der Waals surface area contributed by atoms with Gasteiger partial charge in [-0.05, 0) is 37.6 Å². The lowest BCUT2D eigenvalue weighted by Crippen LogP contribution is -2.39. The average molecular weight is 362 g/mol. The highest BCUT2D eigenvalue weighted by Gasteiger charge is 2.10. The topological polar surface area (TPSA) is 62.3 Å². The maximum atomic E-state index is 6.01. The summed E-state index contributed by atoms with van der Waals surface area (Å²) >= 11 is 6.01. The lowest BCUT2D eigenvalue weighted by Gasteiger charge is -2.26. The second-order valence-corrected chi connectivity index (χ2v) is 6.62. The number of aryl methyl sites for hydroxylation is 2. The minimum atomic E-state index is 0.583.